The Morgan fingerprint density at radius 2 is 1.96 bits per heavy atom. The van der Waals surface area contributed by atoms with Gasteiger partial charge in [-0.05, 0) is 32.1 Å². The number of unbranched alkanes of at least 4 members (excludes halogenated alkanes) is 3. The Bertz CT molecular complexity index is 554. The largest absolute Gasteiger partial charge is 0.469 e. The second-order valence-electron chi connectivity index (χ2n) is 7.08. The monoisotopic (exact) mass is 390 g/mol. The molecule has 2 aliphatic heterocycles. The standard InChI is InChI=1S/C18H30O7S/c1-23-17(20)9-5-3-2-4-8-16-14(12-19)15(13-26(16,21)22)25-18-10-6-7-11-24-18/h12,14-16,18H,2-11,13H2,1H3. The third kappa shape index (κ3) is 6.03. The lowest BCUT2D eigenvalue weighted by Crippen LogP contribution is -2.34. The Kier molecular flexibility index (Phi) is 8.50. The molecule has 0 saturated carbocycles. The van der Waals surface area contributed by atoms with Crippen molar-refractivity contribution >= 4 is 22.1 Å². The lowest BCUT2D eigenvalue weighted by molar-refractivity contribution is -0.190. The van der Waals surface area contributed by atoms with Gasteiger partial charge in [0.15, 0.2) is 16.1 Å². The smallest absolute Gasteiger partial charge is 0.305 e. The van der Waals surface area contributed by atoms with Crippen LogP contribution in [-0.4, -0.2) is 57.8 Å². The van der Waals surface area contributed by atoms with Crippen molar-refractivity contribution in [3.63, 3.8) is 0 Å². The third-order valence-corrected chi connectivity index (χ3v) is 7.45. The summed E-state index contributed by atoms with van der Waals surface area (Å²) in [5.74, 6) is -0.960. The fourth-order valence-electron chi connectivity index (χ4n) is 3.70. The molecular weight excluding hydrogens is 360 g/mol. The minimum Gasteiger partial charge on any atom is -0.469 e. The quantitative estimate of drug-likeness (QED) is 0.320. The van der Waals surface area contributed by atoms with Crippen LogP contribution in [0.25, 0.3) is 0 Å². The SMILES string of the molecule is COC(=O)CCCCCCC1C(C=O)C(OC2CCCCO2)CS1(=O)=O. The molecule has 0 aromatic carbocycles. The van der Waals surface area contributed by atoms with Crippen molar-refractivity contribution in [2.24, 2.45) is 5.92 Å². The maximum atomic E-state index is 12.5. The number of carbonyl (C=O) groups is 2. The molecule has 2 fully saturated rings. The highest BCUT2D eigenvalue weighted by Gasteiger charge is 2.48. The summed E-state index contributed by atoms with van der Waals surface area (Å²) in [5, 5.41) is -0.672. The molecule has 26 heavy (non-hydrogen) atoms. The molecule has 2 aliphatic rings. The van der Waals surface area contributed by atoms with Crippen LogP contribution in [0.2, 0.25) is 0 Å². The second-order valence-corrected chi connectivity index (χ2v) is 9.35. The van der Waals surface area contributed by atoms with Crippen LogP contribution in [0.3, 0.4) is 0 Å². The van der Waals surface area contributed by atoms with Crippen LogP contribution in [0, 0.1) is 5.92 Å². The first-order valence-corrected chi connectivity index (χ1v) is 11.2. The zero-order valence-electron chi connectivity index (χ0n) is 15.4. The Morgan fingerprint density at radius 1 is 1.19 bits per heavy atom. The fraction of sp³-hybridized carbons (Fsp3) is 0.889. The van der Waals surface area contributed by atoms with Crippen LogP contribution >= 0.6 is 0 Å². The van der Waals surface area contributed by atoms with Crippen molar-refractivity contribution in [2.75, 3.05) is 19.5 Å². The molecule has 0 amide bonds. The van der Waals surface area contributed by atoms with Gasteiger partial charge < -0.3 is 19.0 Å². The Morgan fingerprint density at radius 3 is 2.62 bits per heavy atom. The lowest BCUT2D eigenvalue weighted by atomic mass is 9.96. The zero-order chi connectivity index (χ0) is 19.0. The lowest BCUT2D eigenvalue weighted by Gasteiger charge is -2.27. The number of methoxy groups -OCH3 is 1. The van der Waals surface area contributed by atoms with Gasteiger partial charge in [0.25, 0.3) is 0 Å². The molecule has 0 spiro atoms. The number of hydrogen-bond acceptors (Lipinski definition) is 7. The van der Waals surface area contributed by atoms with Crippen molar-refractivity contribution in [1.82, 2.24) is 0 Å². The van der Waals surface area contributed by atoms with Gasteiger partial charge in [0, 0.05) is 13.0 Å². The molecule has 2 heterocycles. The molecule has 4 atom stereocenters. The summed E-state index contributed by atoms with van der Waals surface area (Å²) in [4.78, 5) is 22.6. The van der Waals surface area contributed by atoms with Crippen LogP contribution in [-0.2, 0) is 33.6 Å². The highest BCUT2D eigenvalue weighted by molar-refractivity contribution is 7.92. The topological polar surface area (TPSA) is 96.0 Å². The number of hydrogen-bond donors (Lipinski definition) is 0. The van der Waals surface area contributed by atoms with Crippen molar-refractivity contribution in [1.29, 1.82) is 0 Å². The highest BCUT2D eigenvalue weighted by Crippen LogP contribution is 2.33. The summed E-state index contributed by atoms with van der Waals surface area (Å²) in [6.45, 7) is 0.616. The van der Waals surface area contributed by atoms with Gasteiger partial charge in [0.1, 0.15) is 6.29 Å². The van der Waals surface area contributed by atoms with Gasteiger partial charge in [-0.25, -0.2) is 8.42 Å². The van der Waals surface area contributed by atoms with E-state index in [1.54, 1.807) is 0 Å². The van der Waals surface area contributed by atoms with E-state index in [1.807, 2.05) is 0 Å². The second kappa shape index (κ2) is 10.4. The van der Waals surface area contributed by atoms with Gasteiger partial charge in [-0.3, -0.25) is 4.79 Å². The minimum absolute atomic E-state index is 0.108. The summed E-state index contributed by atoms with van der Waals surface area (Å²) >= 11 is 0. The highest BCUT2D eigenvalue weighted by atomic mass is 32.2. The molecule has 7 nitrogen and oxygen atoms in total. The normalized spacial score (nSPS) is 30.8. The number of aldehydes is 1. The van der Waals surface area contributed by atoms with E-state index in [2.05, 4.69) is 4.74 Å². The molecule has 2 saturated heterocycles. The Labute approximate surface area is 155 Å². The molecule has 0 bridgehead atoms. The molecule has 8 heteroatoms. The van der Waals surface area contributed by atoms with E-state index in [0.717, 1.165) is 44.8 Å². The number of rotatable bonds is 10. The van der Waals surface area contributed by atoms with Crippen molar-refractivity contribution < 1.29 is 32.2 Å². The van der Waals surface area contributed by atoms with Gasteiger partial charge in [-0.15, -0.1) is 0 Å². The van der Waals surface area contributed by atoms with Crippen LogP contribution in [0.4, 0.5) is 0 Å². The summed E-state index contributed by atoms with van der Waals surface area (Å²) in [5.41, 5.74) is 0. The molecule has 0 aromatic heterocycles. The Hall–Kier alpha value is -0.990. The van der Waals surface area contributed by atoms with Gasteiger partial charge in [-0.1, -0.05) is 19.3 Å². The van der Waals surface area contributed by atoms with E-state index in [0.29, 0.717) is 25.9 Å². The van der Waals surface area contributed by atoms with Crippen LogP contribution in [0.1, 0.15) is 57.8 Å². The molecule has 4 unspecified atom stereocenters. The van der Waals surface area contributed by atoms with E-state index < -0.39 is 33.4 Å². The molecule has 0 aromatic rings. The molecule has 0 N–H and O–H groups in total. The first kappa shape index (κ1) is 21.3. The average Bonchev–Trinajstić information content (AvgIpc) is 2.87. The van der Waals surface area contributed by atoms with E-state index in [4.69, 9.17) is 9.47 Å². The predicted octanol–water partition coefficient (Wildman–Crippen LogP) is 2.02. The fourth-order valence-corrected chi connectivity index (χ4v) is 5.95. The summed E-state index contributed by atoms with van der Waals surface area (Å²) in [7, 11) is -1.98. The summed E-state index contributed by atoms with van der Waals surface area (Å²) < 4.78 is 40.9. The number of sulfone groups is 1. The number of ether oxygens (including phenoxy) is 3. The first-order valence-electron chi connectivity index (χ1n) is 9.48. The van der Waals surface area contributed by atoms with E-state index in [-0.39, 0.29) is 11.7 Å². The van der Waals surface area contributed by atoms with Gasteiger partial charge in [0.2, 0.25) is 0 Å². The van der Waals surface area contributed by atoms with Gasteiger partial charge >= 0.3 is 5.97 Å². The van der Waals surface area contributed by atoms with E-state index in [9.17, 15) is 18.0 Å². The van der Waals surface area contributed by atoms with Crippen molar-refractivity contribution in [3.05, 3.63) is 0 Å². The van der Waals surface area contributed by atoms with Gasteiger partial charge in [0.05, 0.1) is 30.1 Å². The van der Waals surface area contributed by atoms with E-state index >= 15 is 0 Å². The summed E-state index contributed by atoms with van der Waals surface area (Å²) in [6.07, 6.45) is 6.38. The van der Waals surface area contributed by atoms with Gasteiger partial charge in [-0.2, -0.15) is 0 Å². The molecule has 150 valence electrons. The third-order valence-electron chi connectivity index (χ3n) is 5.19. The molecule has 0 aliphatic carbocycles. The van der Waals surface area contributed by atoms with Crippen molar-refractivity contribution in [2.45, 2.75) is 75.4 Å². The number of carbonyl (C=O) groups excluding carboxylic acids is 2. The first-order chi connectivity index (χ1) is 12.5. The average molecular weight is 390 g/mol. The zero-order valence-corrected chi connectivity index (χ0v) is 16.2. The summed E-state index contributed by atoms with van der Waals surface area (Å²) in [6, 6.07) is 0. The van der Waals surface area contributed by atoms with Crippen LogP contribution in [0.15, 0.2) is 0 Å². The van der Waals surface area contributed by atoms with Crippen LogP contribution < -0.4 is 0 Å². The Balaban J connectivity index is 1.80. The molecule has 0 radical (unpaired) electrons. The minimum atomic E-state index is -3.34. The molecule has 2 rings (SSSR count). The number of esters is 1. The van der Waals surface area contributed by atoms with Crippen LogP contribution in [0.5, 0.6) is 0 Å². The molecular formula is C18H30O7S. The van der Waals surface area contributed by atoms with E-state index in [1.165, 1.54) is 7.11 Å². The predicted molar refractivity (Wildman–Crippen MR) is 95.3 cm³/mol. The van der Waals surface area contributed by atoms with Crippen molar-refractivity contribution in [3.8, 4) is 0 Å². The maximum absolute atomic E-state index is 12.5. The maximum Gasteiger partial charge on any atom is 0.305 e.